The zero-order chi connectivity index (χ0) is 18.1. The van der Waals surface area contributed by atoms with Gasteiger partial charge in [0.1, 0.15) is 0 Å². The molecular weight excluding hydrogens is 441 g/mol. The lowest BCUT2D eigenvalue weighted by Crippen LogP contribution is -2.37. The van der Waals surface area contributed by atoms with Crippen molar-refractivity contribution in [3.63, 3.8) is 0 Å². The van der Waals surface area contributed by atoms with Crippen LogP contribution in [0.25, 0.3) is 0 Å². The highest BCUT2D eigenvalue weighted by Gasteiger charge is 2.13. The predicted molar refractivity (Wildman–Crippen MR) is 116 cm³/mol. The van der Waals surface area contributed by atoms with Crippen molar-refractivity contribution in [3.8, 4) is 0 Å². The maximum Gasteiger partial charge on any atom is 0.191 e. The zero-order valence-corrected chi connectivity index (χ0v) is 18.4. The minimum absolute atomic E-state index is 0. The van der Waals surface area contributed by atoms with E-state index in [1.54, 1.807) is 7.05 Å². The Hall–Kier alpha value is -1.64. The van der Waals surface area contributed by atoms with E-state index in [2.05, 4.69) is 52.6 Å². The summed E-state index contributed by atoms with van der Waals surface area (Å²) in [7, 11) is 1.77. The summed E-state index contributed by atoms with van der Waals surface area (Å²) in [5.74, 6) is 2.06. The number of halogens is 1. The molecule has 2 aromatic heterocycles. The fraction of sp³-hybridized carbons (Fsp3) is 0.526. The predicted octanol–water partition coefficient (Wildman–Crippen LogP) is 3.81. The smallest absolute Gasteiger partial charge is 0.191 e. The molecule has 0 fully saturated rings. The van der Waals surface area contributed by atoms with Crippen LogP contribution in [0.5, 0.6) is 0 Å². The molecule has 7 heteroatoms. The number of rotatable bonds is 8. The summed E-state index contributed by atoms with van der Waals surface area (Å²) < 4.78 is 5.43. The van der Waals surface area contributed by atoms with Crippen LogP contribution in [-0.2, 0) is 13.0 Å². The molecule has 0 radical (unpaired) electrons. The first-order valence-corrected chi connectivity index (χ1v) is 8.97. The molecule has 0 aliphatic carbocycles. The summed E-state index contributed by atoms with van der Waals surface area (Å²) in [5, 5.41) is 10.8. The van der Waals surface area contributed by atoms with Crippen molar-refractivity contribution >= 4 is 29.9 Å². The third-order valence-corrected chi connectivity index (χ3v) is 4.46. The Bertz CT molecular complexity index is 682. The molecular formula is C19H30IN5O. The number of aryl methyl sites for hydroxylation is 1. The summed E-state index contributed by atoms with van der Waals surface area (Å²) >= 11 is 0. The maximum atomic E-state index is 5.43. The number of hydrogen-bond acceptors (Lipinski definition) is 4. The topological polar surface area (TPSA) is 75.3 Å². The number of aliphatic imine (C=N–C) groups is 1. The highest BCUT2D eigenvalue weighted by Crippen LogP contribution is 2.22. The zero-order valence-electron chi connectivity index (χ0n) is 16.1. The van der Waals surface area contributed by atoms with Crippen molar-refractivity contribution in [2.75, 3.05) is 13.6 Å². The molecule has 0 spiro atoms. The molecule has 0 unspecified atom stereocenters. The molecule has 2 heterocycles. The van der Waals surface area contributed by atoms with E-state index in [9.17, 15) is 0 Å². The molecule has 2 rings (SSSR count). The number of nitrogens with one attached hydrogen (secondary N) is 2. The van der Waals surface area contributed by atoms with Crippen LogP contribution in [0.1, 0.15) is 55.2 Å². The Labute approximate surface area is 173 Å². The summed E-state index contributed by atoms with van der Waals surface area (Å²) in [4.78, 5) is 8.37. The van der Waals surface area contributed by atoms with Crippen LogP contribution in [0.3, 0.4) is 0 Å². The van der Waals surface area contributed by atoms with Gasteiger partial charge in [-0.2, -0.15) is 0 Å². The van der Waals surface area contributed by atoms with Crippen LogP contribution in [-0.4, -0.2) is 29.7 Å². The molecule has 0 aliphatic heterocycles. The highest BCUT2D eigenvalue weighted by molar-refractivity contribution is 14.0. The van der Waals surface area contributed by atoms with Gasteiger partial charge in [0.2, 0.25) is 0 Å². The normalized spacial score (nSPS) is 11.3. The van der Waals surface area contributed by atoms with E-state index in [0.717, 1.165) is 43.2 Å². The number of hydrogen-bond donors (Lipinski definition) is 2. The molecule has 0 amide bonds. The minimum Gasteiger partial charge on any atom is -0.359 e. The van der Waals surface area contributed by atoms with Crippen molar-refractivity contribution in [3.05, 3.63) is 47.1 Å². The maximum absolute atomic E-state index is 5.43. The Kier molecular flexibility index (Phi) is 10.2. The molecule has 0 saturated carbocycles. The van der Waals surface area contributed by atoms with Gasteiger partial charge in [-0.25, -0.2) is 0 Å². The first kappa shape index (κ1) is 22.4. The van der Waals surface area contributed by atoms with E-state index in [1.807, 2.05) is 18.5 Å². The molecule has 0 aliphatic rings. The van der Waals surface area contributed by atoms with E-state index < -0.39 is 0 Å². The van der Waals surface area contributed by atoms with E-state index in [4.69, 9.17) is 4.52 Å². The van der Waals surface area contributed by atoms with Crippen LogP contribution in [0.15, 0.2) is 34.0 Å². The van der Waals surface area contributed by atoms with Crippen LogP contribution in [0.2, 0.25) is 0 Å². The third-order valence-electron chi connectivity index (χ3n) is 4.46. The van der Waals surface area contributed by atoms with Gasteiger partial charge in [-0.1, -0.05) is 19.0 Å². The largest absolute Gasteiger partial charge is 0.359 e. The standard InChI is InChI=1S/C19H29N5O.HI/c1-5-15(6-2)18-11-17(25-24-18)13-23-19(20-4)22-10-8-16-7-9-21-12-14(16)3;/h7,9,11-12,15H,5-6,8,10,13H2,1-4H3,(H2,20,22,23);1H. The van der Waals surface area contributed by atoms with Crippen molar-refractivity contribution in [2.45, 2.75) is 52.5 Å². The van der Waals surface area contributed by atoms with Gasteiger partial charge in [-0.05, 0) is 43.4 Å². The Morgan fingerprint density at radius 3 is 2.69 bits per heavy atom. The fourth-order valence-corrected chi connectivity index (χ4v) is 2.80. The number of nitrogens with zero attached hydrogens (tertiary/aromatic N) is 3. The first-order chi connectivity index (χ1) is 12.2. The van der Waals surface area contributed by atoms with Gasteiger partial charge in [-0.15, -0.1) is 24.0 Å². The Balaban J connectivity index is 0.00000338. The van der Waals surface area contributed by atoms with Crippen molar-refractivity contribution in [1.29, 1.82) is 0 Å². The Morgan fingerprint density at radius 1 is 1.27 bits per heavy atom. The number of aromatic nitrogens is 2. The van der Waals surface area contributed by atoms with Crippen LogP contribution < -0.4 is 10.6 Å². The molecule has 0 aromatic carbocycles. The van der Waals surface area contributed by atoms with E-state index in [1.165, 1.54) is 11.1 Å². The highest BCUT2D eigenvalue weighted by atomic mass is 127. The second-order valence-electron chi connectivity index (χ2n) is 6.14. The van der Waals surface area contributed by atoms with E-state index in [0.29, 0.717) is 12.5 Å². The Morgan fingerprint density at radius 2 is 2.04 bits per heavy atom. The average molecular weight is 471 g/mol. The molecule has 0 saturated heterocycles. The van der Waals surface area contributed by atoms with E-state index in [-0.39, 0.29) is 24.0 Å². The summed E-state index contributed by atoms with van der Waals surface area (Å²) in [6.45, 7) is 7.81. The molecule has 26 heavy (non-hydrogen) atoms. The first-order valence-electron chi connectivity index (χ1n) is 8.97. The van der Waals surface area contributed by atoms with Crippen molar-refractivity contribution in [2.24, 2.45) is 4.99 Å². The van der Waals surface area contributed by atoms with Gasteiger partial charge in [0.15, 0.2) is 11.7 Å². The van der Waals surface area contributed by atoms with E-state index >= 15 is 0 Å². The summed E-state index contributed by atoms with van der Waals surface area (Å²) in [6.07, 6.45) is 6.80. The molecule has 144 valence electrons. The van der Waals surface area contributed by atoms with Crippen molar-refractivity contribution < 1.29 is 4.52 Å². The van der Waals surface area contributed by atoms with Gasteiger partial charge >= 0.3 is 0 Å². The second-order valence-corrected chi connectivity index (χ2v) is 6.14. The van der Waals surface area contributed by atoms with Gasteiger partial charge in [0, 0.05) is 38.0 Å². The molecule has 6 nitrogen and oxygen atoms in total. The lowest BCUT2D eigenvalue weighted by molar-refractivity contribution is 0.368. The number of pyridine rings is 1. The molecule has 2 aromatic rings. The van der Waals surface area contributed by atoms with Crippen LogP contribution >= 0.6 is 24.0 Å². The van der Waals surface area contributed by atoms with Gasteiger partial charge in [0.25, 0.3) is 0 Å². The average Bonchev–Trinajstić information content (AvgIpc) is 3.09. The summed E-state index contributed by atoms with van der Waals surface area (Å²) in [5.41, 5.74) is 3.55. The number of guanidine groups is 1. The lowest BCUT2D eigenvalue weighted by Gasteiger charge is -2.11. The fourth-order valence-electron chi connectivity index (χ4n) is 2.80. The second kappa shape index (κ2) is 11.9. The van der Waals surface area contributed by atoms with Gasteiger partial charge in [-0.3, -0.25) is 9.98 Å². The molecule has 0 atom stereocenters. The third kappa shape index (κ3) is 6.59. The van der Waals surface area contributed by atoms with Gasteiger partial charge in [0.05, 0.1) is 12.2 Å². The van der Waals surface area contributed by atoms with Gasteiger partial charge < -0.3 is 15.2 Å². The van der Waals surface area contributed by atoms with Crippen LogP contribution in [0, 0.1) is 6.92 Å². The molecule has 0 bridgehead atoms. The monoisotopic (exact) mass is 471 g/mol. The molecule has 2 N–H and O–H groups in total. The van der Waals surface area contributed by atoms with Crippen molar-refractivity contribution in [1.82, 2.24) is 20.8 Å². The minimum atomic E-state index is 0. The van der Waals surface area contributed by atoms with Crippen LogP contribution in [0.4, 0.5) is 0 Å². The quantitative estimate of drug-likeness (QED) is 0.348. The summed E-state index contributed by atoms with van der Waals surface area (Å²) in [6, 6.07) is 4.10. The SMILES string of the molecule is CCC(CC)c1cc(CNC(=NC)NCCc2ccncc2C)on1.I. The lowest BCUT2D eigenvalue weighted by atomic mass is 9.99.